The number of aromatic nitrogens is 1. The zero-order chi connectivity index (χ0) is 15.0. The molecular weight excluding hydrogens is 374 g/mol. The molecule has 1 aliphatic carbocycles. The lowest BCUT2D eigenvalue weighted by atomic mass is 10.1. The molecule has 0 bridgehead atoms. The van der Waals surface area contributed by atoms with Crippen molar-refractivity contribution in [3.8, 4) is 10.6 Å². The lowest BCUT2D eigenvalue weighted by Crippen LogP contribution is -2.14. The third kappa shape index (κ3) is 2.87. The van der Waals surface area contributed by atoms with Crippen LogP contribution in [0.3, 0.4) is 0 Å². The maximum absolute atomic E-state index is 12.0. The minimum atomic E-state index is -0.212. The van der Waals surface area contributed by atoms with Crippen LogP contribution < -0.4 is 0 Å². The Morgan fingerprint density at radius 1 is 1.57 bits per heavy atom. The summed E-state index contributed by atoms with van der Waals surface area (Å²) in [7, 11) is 0. The SMILES string of the molecule is CCOC(=O)C1CCc2sc(-c3ccc(Cl)cc3Br)nc21. The Morgan fingerprint density at radius 3 is 3.10 bits per heavy atom. The largest absolute Gasteiger partial charge is 0.465 e. The zero-order valence-corrected chi connectivity index (χ0v) is 14.5. The van der Waals surface area contributed by atoms with Crippen LogP contribution in [0.5, 0.6) is 0 Å². The van der Waals surface area contributed by atoms with Gasteiger partial charge < -0.3 is 4.74 Å². The fraction of sp³-hybridized carbons (Fsp3) is 0.333. The summed E-state index contributed by atoms with van der Waals surface area (Å²) in [4.78, 5) is 17.8. The van der Waals surface area contributed by atoms with Crippen LogP contribution in [0.4, 0.5) is 0 Å². The quantitative estimate of drug-likeness (QED) is 0.710. The molecule has 0 aliphatic heterocycles. The van der Waals surface area contributed by atoms with Gasteiger partial charge in [0.2, 0.25) is 0 Å². The minimum absolute atomic E-state index is 0.164. The van der Waals surface area contributed by atoms with E-state index in [9.17, 15) is 4.79 Å². The summed E-state index contributed by atoms with van der Waals surface area (Å²) in [5, 5.41) is 1.59. The molecule has 1 unspecified atom stereocenters. The highest BCUT2D eigenvalue weighted by Crippen LogP contribution is 2.42. The van der Waals surface area contributed by atoms with Crippen LogP contribution in [0.25, 0.3) is 10.6 Å². The van der Waals surface area contributed by atoms with Crippen LogP contribution in [0.1, 0.15) is 29.8 Å². The van der Waals surface area contributed by atoms with Crippen molar-refractivity contribution in [2.45, 2.75) is 25.7 Å². The molecular formula is C15H13BrClNO2S. The normalized spacial score (nSPS) is 16.8. The van der Waals surface area contributed by atoms with Crippen molar-refractivity contribution in [3.05, 3.63) is 38.3 Å². The van der Waals surface area contributed by atoms with E-state index in [0.29, 0.717) is 11.6 Å². The molecule has 0 spiro atoms. The molecule has 3 nitrogen and oxygen atoms in total. The molecule has 3 rings (SSSR count). The number of thiazole rings is 1. The van der Waals surface area contributed by atoms with Gasteiger partial charge in [0.1, 0.15) is 10.9 Å². The maximum Gasteiger partial charge on any atom is 0.315 e. The molecule has 1 heterocycles. The Bertz CT molecular complexity index is 701. The molecule has 0 saturated heterocycles. The number of hydrogen-bond acceptors (Lipinski definition) is 4. The average Bonchev–Trinajstić information content (AvgIpc) is 2.98. The van der Waals surface area contributed by atoms with Crippen molar-refractivity contribution in [2.75, 3.05) is 6.61 Å². The van der Waals surface area contributed by atoms with Crippen molar-refractivity contribution in [3.63, 3.8) is 0 Å². The van der Waals surface area contributed by atoms with Gasteiger partial charge in [0.25, 0.3) is 0 Å². The fourth-order valence-corrected chi connectivity index (χ4v) is 4.66. The van der Waals surface area contributed by atoms with Gasteiger partial charge in [-0.25, -0.2) is 4.98 Å². The second-order valence-electron chi connectivity index (χ2n) is 4.79. The lowest BCUT2D eigenvalue weighted by molar-refractivity contribution is -0.145. The number of benzene rings is 1. The van der Waals surface area contributed by atoms with Crippen molar-refractivity contribution in [1.82, 2.24) is 4.98 Å². The highest BCUT2D eigenvalue weighted by molar-refractivity contribution is 9.10. The topological polar surface area (TPSA) is 39.2 Å². The van der Waals surface area contributed by atoms with Gasteiger partial charge in [0, 0.05) is 19.9 Å². The van der Waals surface area contributed by atoms with E-state index in [1.54, 1.807) is 11.3 Å². The highest BCUT2D eigenvalue weighted by Gasteiger charge is 2.33. The second-order valence-corrected chi connectivity index (χ2v) is 7.17. The molecule has 0 saturated carbocycles. The summed E-state index contributed by atoms with van der Waals surface area (Å²) in [6, 6.07) is 5.64. The Balaban J connectivity index is 1.95. The number of carbonyl (C=O) groups excluding carboxylic acids is 1. The van der Waals surface area contributed by atoms with E-state index in [1.165, 1.54) is 4.88 Å². The first kappa shape index (κ1) is 15.0. The number of aryl methyl sites for hydroxylation is 1. The number of rotatable bonds is 3. The van der Waals surface area contributed by atoms with E-state index in [0.717, 1.165) is 33.6 Å². The van der Waals surface area contributed by atoms with Gasteiger partial charge in [-0.2, -0.15) is 0 Å². The number of nitrogens with zero attached hydrogens (tertiary/aromatic N) is 1. The number of halogens is 2. The van der Waals surface area contributed by atoms with E-state index >= 15 is 0 Å². The van der Waals surface area contributed by atoms with E-state index in [4.69, 9.17) is 16.3 Å². The van der Waals surface area contributed by atoms with Crippen LogP contribution >= 0.6 is 38.9 Å². The first-order valence-electron chi connectivity index (χ1n) is 6.71. The van der Waals surface area contributed by atoms with Crippen molar-refractivity contribution in [2.24, 2.45) is 0 Å². The molecule has 0 fully saturated rings. The van der Waals surface area contributed by atoms with Gasteiger partial charge in [0.15, 0.2) is 0 Å². The first-order valence-corrected chi connectivity index (χ1v) is 8.70. The number of carbonyl (C=O) groups is 1. The van der Waals surface area contributed by atoms with Gasteiger partial charge in [-0.05, 0) is 38.0 Å². The van der Waals surface area contributed by atoms with Crippen LogP contribution in [0.15, 0.2) is 22.7 Å². The standard InChI is InChI=1S/C15H13BrClNO2S/c1-2-20-15(19)10-5-6-12-13(10)18-14(21-12)9-4-3-8(17)7-11(9)16/h3-4,7,10H,2,5-6H2,1H3. The Kier molecular flexibility index (Phi) is 4.33. The summed E-state index contributed by atoms with van der Waals surface area (Å²) < 4.78 is 6.05. The number of esters is 1. The monoisotopic (exact) mass is 385 g/mol. The van der Waals surface area contributed by atoms with E-state index < -0.39 is 0 Å². The molecule has 1 aromatic carbocycles. The van der Waals surface area contributed by atoms with Crippen LogP contribution in [0, 0.1) is 0 Å². The van der Waals surface area contributed by atoms with Gasteiger partial charge in [-0.3, -0.25) is 4.79 Å². The maximum atomic E-state index is 12.0. The second kappa shape index (κ2) is 6.07. The Labute approximate surface area is 140 Å². The van der Waals surface area contributed by atoms with Crippen LogP contribution in [-0.2, 0) is 16.0 Å². The lowest BCUT2D eigenvalue weighted by Gasteiger charge is -2.08. The minimum Gasteiger partial charge on any atom is -0.465 e. The fourth-order valence-electron chi connectivity index (χ4n) is 2.48. The highest BCUT2D eigenvalue weighted by atomic mass is 79.9. The summed E-state index contributed by atoms with van der Waals surface area (Å²) >= 11 is 11.1. The molecule has 1 aromatic heterocycles. The zero-order valence-electron chi connectivity index (χ0n) is 11.4. The Hall–Kier alpha value is -0.910. The molecule has 6 heteroatoms. The molecule has 1 atom stereocenters. The van der Waals surface area contributed by atoms with Crippen molar-refractivity contribution in [1.29, 1.82) is 0 Å². The van der Waals surface area contributed by atoms with Gasteiger partial charge in [-0.15, -0.1) is 11.3 Å². The summed E-state index contributed by atoms with van der Waals surface area (Å²) in [6.45, 7) is 2.23. The number of fused-ring (bicyclic) bond motifs is 1. The molecule has 2 aromatic rings. The van der Waals surface area contributed by atoms with Crippen LogP contribution in [-0.4, -0.2) is 17.6 Å². The number of ether oxygens (including phenoxy) is 1. The predicted octanol–water partition coefficient (Wildman–Crippen LogP) is 4.82. The first-order chi connectivity index (χ1) is 10.1. The van der Waals surface area contributed by atoms with E-state index in [2.05, 4.69) is 20.9 Å². The molecule has 0 amide bonds. The van der Waals surface area contributed by atoms with Gasteiger partial charge in [-0.1, -0.05) is 27.5 Å². The van der Waals surface area contributed by atoms with E-state index in [1.807, 2.05) is 25.1 Å². The van der Waals surface area contributed by atoms with Crippen molar-refractivity contribution >= 4 is 44.8 Å². The molecule has 0 N–H and O–H groups in total. The molecule has 110 valence electrons. The average molecular weight is 387 g/mol. The summed E-state index contributed by atoms with van der Waals surface area (Å²) in [5.41, 5.74) is 1.89. The van der Waals surface area contributed by atoms with Gasteiger partial charge in [0.05, 0.1) is 12.3 Å². The number of hydrogen-bond donors (Lipinski definition) is 0. The van der Waals surface area contributed by atoms with Crippen LogP contribution in [0.2, 0.25) is 5.02 Å². The summed E-state index contributed by atoms with van der Waals surface area (Å²) in [6.07, 6.45) is 1.69. The van der Waals surface area contributed by atoms with E-state index in [-0.39, 0.29) is 11.9 Å². The van der Waals surface area contributed by atoms with Crippen molar-refractivity contribution < 1.29 is 9.53 Å². The van der Waals surface area contributed by atoms with Gasteiger partial charge >= 0.3 is 5.97 Å². The molecule has 0 radical (unpaired) electrons. The predicted molar refractivity (Wildman–Crippen MR) is 88.0 cm³/mol. The molecule has 1 aliphatic rings. The molecule has 21 heavy (non-hydrogen) atoms. The third-order valence-corrected chi connectivity index (χ3v) is 5.51. The third-order valence-electron chi connectivity index (χ3n) is 3.45. The Morgan fingerprint density at radius 2 is 2.38 bits per heavy atom. The summed E-state index contributed by atoms with van der Waals surface area (Å²) in [5.74, 6) is -0.376. The smallest absolute Gasteiger partial charge is 0.315 e.